The lowest BCUT2D eigenvalue weighted by molar-refractivity contribution is 0.0906. The predicted octanol–water partition coefficient (Wildman–Crippen LogP) is 6.30. The molecule has 0 saturated carbocycles. The first-order chi connectivity index (χ1) is 15.8. The zero-order chi connectivity index (χ0) is 25.3. The van der Waals surface area contributed by atoms with Crippen molar-refractivity contribution < 1.29 is 14.6 Å². The number of hydrogen-bond acceptors (Lipinski definition) is 4. The number of carbonyl (C=O) groups is 1. The van der Waals surface area contributed by atoms with Crippen molar-refractivity contribution >= 4 is 28.6 Å². The highest BCUT2D eigenvalue weighted by Gasteiger charge is 2.38. The molecular formula is C29H41BrN2O3. The second kappa shape index (κ2) is 11.3. The molecule has 0 spiro atoms. The average molecular weight is 546 g/mol. The van der Waals surface area contributed by atoms with Gasteiger partial charge in [-0.1, -0.05) is 71.9 Å². The Morgan fingerprint density at radius 2 is 1.60 bits per heavy atom. The van der Waals surface area contributed by atoms with Gasteiger partial charge in [0.25, 0.3) is 0 Å². The minimum atomic E-state index is -0.305. The molecule has 1 saturated heterocycles. The van der Waals surface area contributed by atoms with Crippen molar-refractivity contribution in [2.75, 3.05) is 20.3 Å². The Labute approximate surface area is 221 Å². The standard InChI is InChI=1S/C29H40N2O3.BrH/c1-28(2,3)23-15-20(16-24(26(23)33)29(4,5)6)25(32)17-31-22(18-34-7)14-21(27(31)30)13-19-11-9-8-10-12-19;/h8-12,15-16,21-22,30,33H,13-14,17-18H2,1-7H3;1H/t21-,22+;/m1./s1. The van der Waals surface area contributed by atoms with Crippen molar-refractivity contribution in [3.05, 3.63) is 64.7 Å². The van der Waals surface area contributed by atoms with Crippen molar-refractivity contribution in [1.82, 2.24) is 4.90 Å². The van der Waals surface area contributed by atoms with Gasteiger partial charge < -0.3 is 14.7 Å². The predicted molar refractivity (Wildman–Crippen MR) is 149 cm³/mol. The number of hydrogen-bond donors (Lipinski definition) is 2. The van der Waals surface area contributed by atoms with Crippen LogP contribution in [-0.2, 0) is 22.0 Å². The van der Waals surface area contributed by atoms with Gasteiger partial charge in [-0.25, -0.2) is 0 Å². The second-order valence-electron chi connectivity index (χ2n) is 11.6. The molecule has 2 atom stereocenters. The number of likely N-dealkylation sites (tertiary alicyclic amines) is 1. The Bertz CT molecular complexity index is 1000. The monoisotopic (exact) mass is 544 g/mol. The van der Waals surface area contributed by atoms with Crippen LogP contribution in [0, 0.1) is 11.3 Å². The van der Waals surface area contributed by atoms with Crippen LogP contribution in [0.3, 0.4) is 0 Å². The van der Waals surface area contributed by atoms with Gasteiger partial charge >= 0.3 is 0 Å². The Hall–Kier alpha value is -2.18. The Kier molecular flexibility index (Phi) is 9.34. The number of phenols is 1. The number of Topliss-reactive ketones (excluding diaryl/α,β-unsaturated/α-hetero) is 1. The summed E-state index contributed by atoms with van der Waals surface area (Å²) in [4.78, 5) is 15.5. The highest BCUT2D eigenvalue weighted by atomic mass is 79.9. The molecule has 5 nitrogen and oxygen atoms in total. The van der Waals surface area contributed by atoms with Crippen LogP contribution in [0.4, 0.5) is 0 Å². The number of rotatable bonds is 7. The third-order valence-electron chi connectivity index (χ3n) is 6.74. The fraction of sp³-hybridized carbons (Fsp3) is 0.517. The van der Waals surface area contributed by atoms with E-state index in [1.165, 1.54) is 5.56 Å². The molecule has 1 heterocycles. The fourth-order valence-electron chi connectivity index (χ4n) is 4.83. The van der Waals surface area contributed by atoms with Crippen LogP contribution in [0.25, 0.3) is 0 Å². The van der Waals surface area contributed by atoms with Gasteiger partial charge in [-0.05, 0) is 41.4 Å². The maximum Gasteiger partial charge on any atom is 0.182 e. The van der Waals surface area contributed by atoms with Gasteiger partial charge in [0.2, 0.25) is 0 Å². The van der Waals surface area contributed by atoms with E-state index in [1.54, 1.807) is 7.11 Å². The summed E-state index contributed by atoms with van der Waals surface area (Å²) in [7, 11) is 1.67. The average Bonchev–Trinajstić information content (AvgIpc) is 3.02. The minimum Gasteiger partial charge on any atom is -0.507 e. The number of nitrogens with one attached hydrogen (secondary N) is 1. The minimum absolute atomic E-state index is 0. The van der Waals surface area contributed by atoms with Crippen LogP contribution in [0.2, 0.25) is 0 Å². The van der Waals surface area contributed by atoms with Crippen molar-refractivity contribution in [1.29, 1.82) is 5.41 Å². The van der Waals surface area contributed by atoms with Crippen LogP contribution in [-0.4, -0.2) is 47.9 Å². The van der Waals surface area contributed by atoms with E-state index in [9.17, 15) is 9.90 Å². The molecule has 0 aliphatic carbocycles. The normalized spacial score (nSPS) is 18.5. The molecule has 0 aromatic heterocycles. The van der Waals surface area contributed by atoms with Crippen LogP contribution < -0.4 is 0 Å². The number of carbonyl (C=O) groups excluding carboxylic acids is 1. The largest absolute Gasteiger partial charge is 0.507 e. The number of nitrogens with zero attached hydrogens (tertiary/aromatic N) is 1. The van der Waals surface area contributed by atoms with E-state index in [1.807, 2.05) is 76.8 Å². The molecule has 0 bridgehead atoms. The third kappa shape index (κ3) is 6.73. The number of halogens is 1. The summed E-state index contributed by atoms with van der Waals surface area (Å²) in [6.07, 6.45) is 1.58. The molecule has 2 aromatic carbocycles. The Balaban J connectivity index is 0.00000432. The molecule has 35 heavy (non-hydrogen) atoms. The van der Waals surface area contributed by atoms with E-state index in [0.717, 1.165) is 24.0 Å². The summed E-state index contributed by atoms with van der Waals surface area (Å²) < 4.78 is 5.45. The molecule has 0 unspecified atom stereocenters. The second-order valence-corrected chi connectivity index (χ2v) is 11.6. The lowest BCUT2D eigenvalue weighted by Crippen LogP contribution is -2.40. The van der Waals surface area contributed by atoms with Gasteiger partial charge in [-0.15, -0.1) is 17.0 Å². The SMILES string of the molecule is Br.COC[C@@H]1C[C@@H](Cc2ccccc2)C(=N)N1CC(=O)c1cc(C(C)(C)C)c(O)c(C(C)(C)C)c1. The number of phenolic OH excluding ortho intramolecular Hbond substituents is 1. The maximum atomic E-state index is 13.6. The van der Waals surface area contributed by atoms with Crippen molar-refractivity contribution in [2.45, 2.75) is 71.3 Å². The number of methoxy groups -OCH3 is 1. The number of amidine groups is 1. The van der Waals surface area contributed by atoms with E-state index < -0.39 is 0 Å². The summed E-state index contributed by atoms with van der Waals surface area (Å²) >= 11 is 0. The Morgan fingerprint density at radius 1 is 1.06 bits per heavy atom. The highest BCUT2D eigenvalue weighted by molar-refractivity contribution is 8.93. The molecule has 2 aromatic rings. The molecule has 0 radical (unpaired) electrons. The number of ether oxygens (including phenoxy) is 1. The first-order valence-electron chi connectivity index (χ1n) is 12.1. The highest BCUT2D eigenvalue weighted by Crippen LogP contribution is 2.40. The molecule has 3 rings (SSSR count). The summed E-state index contributed by atoms with van der Waals surface area (Å²) in [5.74, 6) is 0.795. The summed E-state index contributed by atoms with van der Waals surface area (Å²) in [6.45, 7) is 12.9. The van der Waals surface area contributed by atoms with Crippen molar-refractivity contribution in [2.24, 2.45) is 5.92 Å². The van der Waals surface area contributed by atoms with Crippen molar-refractivity contribution in [3.63, 3.8) is 0 Å². The molecule has 6 heteroatoms. The zero-order valence-electron chi connectivity index (χ0n) is 22.1. The van der Waals surface area contributed by atoms with Crippen LogP contribution in [0.15, 0.2) is 42.5 Å². The zero-order valence-corrected chi connectivity index (χ0v) is 23.9. The van der Waals surface area contributed by atoms with Gasteiger partial charge in [0.15, 0.2) is 5.78 Å². The van der Waals surface area contributed by atoms with Gasteiger partial charge in [0.05, 0.1) is 19.2 Å². The molecule has 2 N–H and O–H groups in total. The van der Waals surface area contributed by atoms with Crippen LogP contribution >= 0.6 is 17.0 Å². The van der Waals surface area contributed by atoms with Gasteiger partial charge in [-0.3, -0.25) is 10.2 Å². The van der Waals surface area contributed by atoms with Crippen LogP contribution in [0.1, 0.15) is 75.0 Å². The smallest absolute Gasteiger partial charge is 0.182 e. The van der Waals surface area contributed by atoms with Crippen LogP contribution in [0.5, 0.6) is 5.75 Å². The topological polar surface area (TPSA) is 73.6 Å². The molecular weight excluding hydrogens is 504 g/mol. The first kappa shape index (κ1) is 29.1. The van der Waals surface area contributed by atoms with Gasteiger partial charge in [0.1, 0.15) is 11.6 Å². The lowest BCUT2D eigenvalue weighted by Gasteiger charge is -2.29. The molecule has 0 amide bonds. The number of ketones is 1. The third-order valence-corrected chi connectivity index (χ3v) is 6.74. The fourth-order valence-corrected chi connectivity index (χ4v) is 4.83. The lowest BCUT2D eigenvalue weighted by atomic mass is 9.78. The van der Waals surface area contributed by atoms with E-state index in [0.29, 0.717) is 18.0 Å². The summed E-state index contributed by atoms with van der Waals surface area (Å²) in [5.41, 5.74) is 2.72. The summed E-state index contributed by atoms with van der Waals surface area (Å²) in [5, 5.41) is 19.9. The van der Waals surface area contributed by atoms with E-state index in [2.05, 4.69) is 12.1 Å². The maximum absolute atomic E-state index is 13.6. The van der Waals surface area contributed by atoms with Crippen molar-refractivity contribution in [3.8, 4) is 5.75 Å². The number of benzene rings is 2. The van der Waals surface area contributed by atoms with E-state index in [4.69, 9.17) is 10.1 Å². The van der Waals surface area contributed by atoms with Gasteiger partial charge in [-0.2, -0.15) is 0 Å². The van der Waals surface area contributed by atoms with Gasteiger partial charge in [0, 0.05) is 29.7 Å². The molecule has 1 aliphatic heterocycles. The Morgan fingerprint density at radius 3 is 2.09 bits per heavy atom. The molecule has 1 fully saturated rings. The first-order valence-corrected chi connectivity index (χ1v) is 12.1. The summed E-state index contributed by atoms with van der Waals surface area (Å²) in [6, 6.07) is 13.9. The quantitative estimate of drug-likeness (QED) is 0.401. The number of aromatic hydroxyl groups is 1. The molecule has 1 aliphatic rings. The van der Waals surface area contributed by atoms with E-state index >= 15 is 0 Å². The molecule has 192 valence electrons. The van der Waals surface area contributed by atoms with E-state index in [-0.39, 0.29) is 57.8 Å².